The molecule has 0 fully saturated rings. The first-order valence-electron chi connectivity index (χ1n) is 41.0. The molecule has 0 saturated heterocycles. The summed E-state index contributed by atoms with van der Waals surface area (Å²) in [5.74, 6) is -0.572. The summed E-state index contributed by atoms with van der Waals surface area (Å²) in [5.41, 5.74) is 0. The van der Waals surface area contributed by atoms with Gasteiger partial charge in [-0.15, -0.1) is 0 Å². The lowest BCUT2D eigenvalue weighted by molar-refractivity contribution is -0.161. The van der Waals surface area contributed by atoms with E-state index in [0.717, 1.165) is 108 Å². The number of hydrogen-bond acceptors (Lipinski definition) is 15. The van der Waals surface area contributed by atoms with E-state index in [1.807, 2.05) is 0 Å². The summed E-state index contributed by atoms with van der Waals surface area (Å²) in [6, 6.07) is 0. The van der Waals surface area contributed by atoms with Crippen molar-refractivity contribution < 1.29 is 80.2 Å². The van der Waals surface area contributed by atoms with Gasteiger partial charge in [-0.05, 0) is 37.5 Å². The van der Waals surface area contributed by atoms with E-state index in [4.69, 9.17) is 37.0 Å². The van der Waals surface area contributed by atoms with E-state index in [1.165, 1.54) is 225 Å². The lowest BCUT2D eigenvalue weighted by atomic mass is 10.0. The van der Waals surface area contributed by atoms with Gasteiger partial charge in [-0.25, -0.2) is 9.13 Å². The van der Waals surface area contributed by atoms with Gasteiger partial charge in [0.15, 0.2) is 12.2 Å². The van der Waals surface area contributed by atoms with E-state index in [9.17, 15) is 43.2 Å². The molecule has 0 aromatic carbocycles. The minimum atomic E-state index is -4.96. The van der Waals surface area contributed by atoms with Gasteiger partial charge >= 0.3 is 39.5 Å². The zero-order valence-electron chi connectivity index (χ0n) is 64.1. The van der Waals surface area contributed by atoms with Crippen LogP contribution in [0.15, 0.2) is 0 Å². The number of phosphoric acid groups is 2. The van der Waals surface area contributed by atoms with Gasteiger partial charge in [0, 0.05) is 25.7 Å². The number of carbonyl (C=O) groups is 4. The van der Waals surface area contributed by atoms with Crippen LogP contribution in [-0.4, -0.2) is 96.7 Å². The van der Waals surface area contributed by atoms with Crippen LogP contribution in [-0.2, 0) is 65.4 Å². The minimum absolute atomic E-state index is 0.106. The Labute approximate surface area is 600 Å². The summed E-state index contributed by atoms with van der Waals surface area (Å²) >= 11 is 0. The summed E-state index contributed by atoms with van der Waals surface area (Å²) < 4.78 is 68.6. The molecule has 0 radical (unpaired) electrons. The lowest BCUT2D eigenvalue weighted by Gasteiger charge is -2.21. The average molecular weight is 1440 g/mol. The predicted molar refractivity (Wildman–Crippen MR) is 400 cm³/mol. The number of unbranched alkanes of at least 4 members (excludes halogenated alkanes) is 48. The SMILES string of the molecule is CCCCCCCCCCCCCCCCCCCCCCCC(=O)O[C@H](COC(=O)CCCCCCCCCCCCCCCC(C)C)COP(=O)(O)OC[C@@H](O)COP(=O)(O)OC[C@@H](COC(=O)CCCCCCCCCC)OC(=O)CCCCCCCCCCCCC(C)C. The standard InChI is InChI=1S/C79H154O17P2/c1-7-9-11-13-15-17-18-19-20-21-22-23-24-25-26-29-33-39-45-51-57-63-78(83)96-75(68-90-77(82)62-56-50-44-38-32-30-27-28-31-36-41-47-53-59-71(3)4)70-94-98(87,88)92-66-73(80)65-91-97(85,86)93-69-74(67-89-76(81)61-55-49-43-16-14-12-10-8-2)95-79(84)64-58-52-46-40-35-34-37-42-48-54-60-72(5)6/h71-75,80H,7-70H2,1-6H3,(H,85,86)(H,87,88)/t73-,74+,75+/m0/s1. The fraction of sp³-hybridized carbons (Fsp3) is 0.949. The van der Waals surface area contributed by atoms with Crippen molar-refractivity contribution in [3.05, 3.63) is 0 Å². The molecule has 0 aliphatic heterocycles. The predicted octanol–water partition coefficient (Wildman–Crippen LogP) is 23.5. The van der Waals surface area contributed by atoms with E-state index >= 15 is 0 Å². The zero-order valence-corrected chi connectivity index (χ0v) is 65.9. The number of rotatable bonds is 78. The Kier molecular flexibility index (Phi) is 69.3. The second kappa shape index (κ2) is 70.7. The van der Waals surface area contributed by atoms with E-state index in [1.54, 1.807) is 0 Å². The Morgan fingerprint density at radius 2 is 0.469 bits per heavy atom. The first kappa shape index (κ1) is 96.1. The van der Waals surface area contributed by atoms with Crippen LogP contribution in [0.4, 0.5) is 0 Å². The van der Waals surface area contributed by atoms with E-state index in [-0.39, 0.29) is 25.7 Å². The maximum atomic E-state index is 13.1. The van der Waals surface area contributed by atoms with Crippen molar-refractivity contribution in [2.45, 2.75) is 432 Å². The third-order valence-electron chi connectivity index (χ3n) is 18.5. The van der Waals surface area contributed by atoms with Crippen molar-refractivity contribution in [3.63, 3.8) is 0 Å². The van der Waals surface area contributed by atoms with Gasteiger partial charge in [0.25, 0.3) is 0 Å². The van der Waals surface area contributed by atoms with Crippen molar-refractivity contribution in [3.8, 4) is 0 Å². The number of hydrogen-bond donors (Lipinski definition) is 3. The van der Waals surface area contributed by atoms with Gasteiger partial charge in [0.1, 0.15) is 19.3 Å². The van der Waals surface area contributed by atoms with Gasteiger partial charge in [-0.2, -0.15) is 0 Å². The molecule has 17 nitrogen and oxygen atoms in total. The molecule has 0 aromatic heterocycles. The Hall–Kier alpha value is -1.94. The highest BCUT2D eigenvalue weighted by Crippen LogP contribution is 2.45. The van der Waals surface area contributed by atoms with Crippen LogP contribution < -0.4 is 0 Å². The lowest BCUT2D eigenvalue weighted by Crippen LogP contribution is -2.30. The highest BCUT2D eigenvalue weighted by Gasteiger charge is 2.30. The van der Waals surface area contributed by atoms with Crippen LogP contribution in [0.3, 0.4) is 0 Å². The molecule has 0 amide bonds. The molecule has 2 unspecified atom stereocenters. The normalized spacial score (nSPS) is 13.9. The molecule has 98 heavy (non-hydrogen) atoms. The van der Waals surface area contributed by atoms with E-state index < -0.39 is 97.5 Å². The molecule has 0 spiro atoms. The van der Waals surface area contributed by atoms with Gasteiger partial charge in [0.05, 0.1) is 26.4 Å². The molecule has 3 N–H and O–H groups in total. The fourth-order valence-electron chi connectivity index (χ4n) is 12.2. The van der Waals surface area contributed by atoms with Gasteiger partial charge < -0.3 is 33.8 Å². The highest BCUT2D eigenvalue weighted by atomic mass is 31.2. The van der Waals surface area contributed by atoms with Crippen molar-refractivity contribution in [2.24, 2.45) is 11.8 Å². The van der Waals surface area contributed by atoms with Crippen LogP contribution >= 0.6 is 15.6 Å². The molecule has 0 bridgehead atoms. The maximum absolute atomic E-state index is 13.1. The van der Waals surface area contributed by atoms with Crippen LogP contribution in [0.5, 0.6) is 0 Å². The second-order valence-electron chi connectivity index (χ2n) is 29.4. The van der Waals surface area contributed by atoms with E-state index in [0.29, 0.717) is 25.7 Å². The molecular weight excluding hydrogens is 1280 g/mol. The Morgan fingerprint density at radius 3 is 0.694 bits per heavy atom. The number of phosphoric ester groups is 2. The fourth-order valence-corrected chi connectivity index (χ4v) is 13.8. The maximum Gasteiger partial charge on any atom is 0.472 e. The molecule has 5 atom stereocenters. The van der Waals surface area contributed by atoms with Crippen molar-refractivity contribution in [1.29, 1.82) is 0 Å². The molecule has 0 aliphatic rings. The summed E-state index contributed by atoms with van der Waals surface area (Å²) in [4.78, 5) is 72.8. The number of ether oxygens (including phenoxy) is 4. The Bertz CT molecular complexity index is 1890. The second-order valence-corrected chi connectivity index (χ2v) is 32.3. The van der Waals surface area contributed by atoms with Crippen LogP contribution in [0, 0.1) is 11.8 Å². The average Bonchev–Trinajstić information content (AvgIpc) is 0.974. The number of aliphatic hydroxyl groups excluding tert-OH is 1. The summed E-state index contributed by atoms with van der Waals surface area (Å²) in [5, 5.41) is 10.6. The van der Waals surface area contributed by atoms with Crippen molar-refractivity contribution in [1.82, 2.24) is 0 Å². The van der Waals surface area contributed by atoms with Crippen LogP contribution in [0.1, 0.15) is 414 Å². The first-order valence-corrected chi connectivity index (χ1v) is 44.0. The summed E-state index contributed by atoms with van der Waals surface area (Å²) in [7, 11) is -9.91. The topological polar surface area (TPSA) is 237 Å². The number of esters is 4. The quantitative estimate of drug-likeness (QED) is 0.0222. The molecule has 0 saturated carbocycles. The Balaban J connectivity index is 5.19. The minimum Gasteiger partial charge on any atom is -0.462 e. The first-order chi connectivity index (χ1) is 47.4. The van der Waals surface area contributed by atoms with Gasteiger partial charge in [-0.3, -0.25) is 37.3 Å². The molecular formula is C79H154O17P2. The van der Waals surface area contributed by atoms with Crippen molar-refractivity contribution >= 4 is 39.5 Å². The molecule has 0 aliphatic carbocycles. The largest absolute Gasteiger partial charge is 0.472 e. The zero-order chi connectivity index (χ0) is 72.1. The summed E-state index contributed by atoms with van der Waals surface area (Å²) in [6.45, 7) is 9.60. The molecule has 582 valence electrons. The highest BCUT2D eigenvalue weighted by molar-refractivity contribution is 7.47. The summed E-state index contributed by atoms with van der Waals surface area (Å²) in [6.07, 6.45) is 59.8. The third-order valence-corrected chi connectivity index (χ3v) is 20.4. The monoisotopic (exact) mass is 1440 g/mol. The number of aliphatic hydroxyl groups is 1. The molecule has 0 aromatic rings. The van der Waals surface area contributed by atoms with Crippen LogP contribution in [0.25, 0.3) is 0 Å². The molecule has 0 heterocycles. The van der Waals surface area contributed by atoms with Crippen LogP contribution in [0.2, 0.25) is 0 Å². The van der Waals surface area contributed by atoms with Gasteiger partial charge in [-0.1, -0.05) is 363 Å². The molecule has 0 rings (SSSR count). The third kappa shape index (κ3) is 72.4. The van der Waals surface area contributed by atoms with E-state index in [2.05, 4.69) is 41.5 Å². The Morgan fingerprint density at radius 1 is 0.276 bits per heavy atom. The number of carbonyl (C=O) groups excluding carboxylic acids is 4. The van der Waals surface area contributed by atoms with Gasteiger partial charge in [0.2, 0.25) is 0 Å². The molecule has 19 heteroatoms. The smallest absolute Gasteiger partial charge is 0.462 e. The van der Waals surface area contributed by atoms with Crippen molar-refractivity contribution in [2.75, 3.05) is 39.6 Å².